The third-order valence-corrected chi connectivity index (χ3v) is 4.37. The van der Waals surface area contributed by atoms with Crippen LogP contribution >= 0.6 is 0 Å². The fraction of sp³-hybridized carbons (Fsp3) is 0.917. The molecule has 1 saturated carbocycles. The van der Waals surface area contributed by atoms with Crippen molar-refractivity contribution < 1.29 is 9.22 Å². The van der Waals surface area contributed by atoms with Crippen LogP contribution in [0.25, 0.3) is 0 Å². The molecule has 0 aromatic carbocycles. The van der Waals surface area contributed by atoms with Gasteiger partial charge in [-0.3, -0.25) is 4.79 Å². The summed E-state index contributed by atoms with van der Waals surface area (Å²) in [6.45, 7) is 6.19. The van der Waals surface area contributed by atoms with Crippen LogP contribution in [0.4, 0.5) is 0 Å². The van der Waals surface area contributed by atoms with E-state index < -0.39 is 8.32 Å². The van der Waals surface area contributed by atoms with E-state index in [9.17, 15) is 4.79 Å². The van der Waals surface area contributed by atoms with Crippen molar-refractivity contribution in [3.05, 3.63) is 0 Å². The lowest BCUT2D eigenvalue weighted by Crippen LogP contribution is -2.42. The van der Waals surface area contributed by atoms with Crippen molar-refractivity contribution in [3.63, 3.8) is 0 Å². The zero-order valence-electron chi connectivity index (χ0n) is 10.6. The van der Waals surface area contributed by atoms with Gasteiger partial charge in [-0.05, 0) is 44.8 Å². The van der Waals surface area contributed by atoms with Gasteiger partial charge in [-0.2, -0.15) is 0 Å². The van der Waals surface area contributed by atoms with Crippen molar-refractivity contribution in [3.8, 4) is 0 Å². The van der Waals surface area contributed by atoms with Crippen LogP contribution in [0.3, 0.4) is 0 Å². The van der Waals surface area contributed by atoms with Gasteiger partial charge in [-0.25, -0.2) is 0 Å². The normalized spacial score (nSPS) is 34.6. The molecule has 2 fully saturated rings. The minimum absolute atomic E-state index is 0.00596. The first-order valence-corrected chi connectivity index (χ1v) is 9.85. The summed E-state index contributed by atoms with van der Waals surface area (Å²) in [7, 11) is -1.73. The maximum atomic E-state index is 12.0. The summed E-state index contributed by atoms with van der Waals surface area (Å²) in [5.74, 6) is 0.710. The molecule has 0 radical (unpaired) electrons. The Balaban J connectivity index is 1.90. The van der Waals surface area contributed by atoms with Gasteiger partial charge in [0.05, 0.1) is 0 Å². The van der Waals surface area contributed by atoms with Gasteiger partial charge in [0.2, 0.25) is 8.32 Å². The lowest BCUT2D eigenvalue weighted by molar-refractivity contribution is -0.137. The molecule has 3 atom stereocenters. The number of fused-ring (bicyclic) bond motifs is 1. The largest absolute Gasteiger partial charge is 0.519 e. The summed E-state index contributed by atoms with van der Waals surface area (Å²) >= 11 is 0. The zero-order chi connectivity index (χ0) is 11.8. The van der Waals surface area contributed by atoms with E-state index in [0.29, 0.717) is 12.0 Å². The lowest BCUT2D eigenvalue weighted by Gasteiger charge is -2.24. The molecule has 2 aliphatic rings. The van der Waals surface area contributed by atoms with Crippen LogP contribution in [-0.4, -0.2) is 26.4 Å². The number of carbonyl (C=O) groups is 1. The third kappa shape index (κ3) is 2.86. The van der Waals surface area contributed by atoms with Crippen molar-refractivity contribution >= 4 is 14.3 Å². The smallest absolute Gasteiger partial charge is 0.309 e. The number of carbonyl (C=O) groups excluding carboxylic acids is 1. The third-order valence-electron chi connectivity index (χ3n) is 3.55. The van der Waals surface area contributed by atoms with Crippen LogP contribution < -0.4 is 5.32 Å². The van der Waals surface area contributed by atoms with Crippen LogP contribution in [0, 0.1) is 5.92 Å². The summed E-state index contributed by atoms with van der Waals surface area (Å²) in [5.41, 5.74) is 0. The molecule has 0 aromatic rings. The number of rotatable bonds is 2. The molecule has 1 N–H and O–H groups in total. The molecule has 1 heterocycles. The Labute approximate surface area is 99.1 Å². The molecule has 1 aliphatic carbocycles. The van der Waals surface area contributed by atoms with Gasteiger partial charge in [-0.1, -0.05) is 12.8 Å². The summed E-state index contributed by atoms with van der Waals surface area (Å²) in [5, 5.41) is 3.46. The average molecular weight is 241 g/mol. The first kappa shape index (κ1) is 12.1. The maximum Gasteiger partial charge on any atom is 0.309 e. The van der Waals surface area contributed by atoms with Gasteiger partial charge < -0.3 is 9.74 Å². The van der Waals surface area contributed by atoms with Crippen molar-refractivity contribution in [2.24, 2.45) is 5.92 Å². The predicted octanol–water partition coefficient (Wildman–Crippen LogP) is 2.29. The fourth-order valence-electron chi connectivity index (χ4n) is 2.88. The predicted molar refractivity (Wildman–Crippen MR) is 66.7 cm³/mol. The Morgan fingerprint density at radius 1 is 1.25 bits per heavy atom. The van der Waals surface area contributed by atoms with E-state index in [0.717, 1.165) is 6.42 Å². The Morgan fingerprint density at radius 3 is 2.56 bits per heavy atom. The van der Waals surface area contributed by atoms with Crippen LogP contribution in [0.2, 0.25) is 19.6 Å². The molecule has 0 unspecified atom stereocenters. The second-order valence-corrected chi connectivity index (χ2v) is 10.6. The summed E-state index contributed by atoms with van der Waals surface area (Å²) in [6, 6.07) is 0.549. The summed E-state index contributed by atoms with van der Waals surface area (Å²) in [4.78, 5) is 12.0. The molecule has 0 amide bonds. The van der Waals surface area contributed by atoms with E-state index in [-0.39, 0.29) is 12.0 Å². The fourth-order valence-corrected chi connectivity index (χ4v) is 3.62. The van der Waals surface area contributed by atoms with Crippen molar-refractivity contribution in [1.29, 1.82) is 0 Å². The SMILES string of the molecule is C[Si](C)(C)OC(=O)[C@@H]1C[C@@H]2CCCC[C@@H]2N1. The maximum absolute atomic E-state index is 12.0. The highest BCUT2D eigenvalue weighted by molar-refractivity contribution is 6.71. The van der Waals surface area contributed by atoms with Crippen LogP contribution in [0.5, 0.6) is 0 Å². The quantitative estimate of drug-likeness (QED) is 0.754. The first-order chi connectivity index (χ1) is 7.46. The molecule has 0 bridgehead atoms. The van der Waals surface area contributed by atoms with E-state index in [4.69, 9.17) is 4.43 Å². The van der Waals surface area contributed by atoms with Crippen LogP contribution in [0.15, 0.2) is 0 Å². The van der Waals surface area contributed by atoms with E-state index in [1.807, 2.05) is 0 Å². The average Bonchev–Trinajstić information content (AvgIpc) is 2.58. The topological polar surface area (TPSA) is 38.3 Å². The Bertz CT molecular complexity index is 261. The minimum atomic E-state index is -1.73. The van der Waals surface area contributed by atoms with Crippen molar-refractivity contribution in [1.82, 2.24) is 5.32 Å². The van der Waals surface area contributed by atoms with Crippen LogP contribution in [0.1, 0.15) is 32.1 Å². The first-order valence-electron chi connectivity index (χ1n) is 6.44. The highest BCUT2D eigenvalue weighted by Gasteiger charge is 2.39. The molecule has 2 rings (SSSR count). The molecular formula is C12H23NO2Si. The standard InChI is InChI=1S/C12H23NO2Si/c1-16(2,3)15-12(14)11-8-9-6-4-5-7-10(9)13-11/h9-11,13H,4-8H2,1-3H3/t9-,10-,11-/m0/s1. The molecule has 1 aliphatic heterocycles. The molecule has 3 nitrogen and oxygen atoms in total. The molecule has 4 heteroatoms. The van der Waals surface area contributed by atoms with Gasteiger partial charge in [-0.15, -0.1) is 0 Å². The summed E-state index contributed by atoms with van der Waals surface area (Å²) < 4.78 is 5.57. The number of hydrogen-bond donors (Lipinski definition) is 1. The van der Waals surface area contributed by atoms with Crippen LogP contribution in [-0.2, 0) is 9.22 Å². The monoisotopic (exact) mass is 241 g/mol. The van der Waals surface area contributed by atoms with Gasteiger partial charge in [0.1, 0.15) is 6.04 Å². The molecule has 0 aromatic heterocycles. The molecule has 92 valence electrons. The van der Waals surface area contributed by atoms with Gasteiger partial charge in [0, 0.05) is 6.04 Å². The van der Waals surface area contributed by atoms with Gasteiger partial charge >= 0.3 is 5.97 Å². The van der Waals surface area contributed by atoms with E-state index >= 15 is 0 Å². The second-order valence-electron chi connectivity index (χ2n) is 6.14. The van der Waals surface area contributed by atoms with Crippen molar-refractivity contribution in [2.75, 3.05) is 0 Å². The molecule has 0 spiro atoms. The van der Waals surface area contributed by atoms with Crippen molar-refractivity contribution in [2.45, 2.75) is 63.8 Å². The lowest BCUT2D eigenvalue weighted by atomic mass is 9.85. The Morgan fingerprint density at radius 2 is 1.94 bits per heavy atom. The minimum Gasteiger partial charge on any atom is -0.519 e. The second kappa shape index (κ2) is 4.49. The van der Waals surface area contributed by atoms with Gasteiger partial charge in [0.15, 0.2) is 0 Å². The number of nitrogens with one attached hydrogen (secondary N) is 1. The highest BCUT2D eigenvalue weighted by atomic mass is 28.4. The van der Waals surface area contributed by atoms with E-state index in [1.165, 1.54) is 25.7 Å². The molecule has 1 saturated heterocycles. The highest BCUT2D eigenvalue weighted by Crippen LogP contribution is 2.33. The van der Waals surface area contributed by atoms with Gasteiger partial charge in [0.25, 0.3) is 0 Å². The Hall–Kier alpha value is -0.353. The Kier molecular flexibility index (Phi) is 3.40. The number of hydrogen-bond acceptors (Lipinski definition) is 3. The van der Waals surface area contributed by atoms with E-state index in [1.54, 1.807) is 0 Å². The molecule has 16 heavy (non-hydrogen) atoms. The zero-order valence-corrected chi connectivity index (χ0v) is 11.6. The molecular weight excluding hydrogens is 218 g/mol. The van der Waals surface area contributed by atoms with E-state index in [2.05, 4.69) is 25.0 Å². The summed E-state index contributed by atoms with van der Waals surface area (Å²) in [6.07, 6.45) is 6.16.